The Morgan fingerprint density at radius 1 is 1.15 bits per heavy atom. The van der Waals surface area contributed by atoms with Gasteiger partial charge >= 0.3 is 0 Å². The van der Waals surface area contributed by atoms with Gasteiger partial charge in [0.2, 0.25) is 5.91 Å². The third kappa shape index (κ3) is 3.98. The van der Waals surface area contributed by atoms with Crippen molar-refractivity contribution in [3.8, 4) is 11.5 Å². The van der Waals surface area contributed by atoms with Gasteiger partial charge in [-0.2, -0.15) is 0 Å². The lowest BCUT2D eigenvalue weighted by Gasteiger charge is -2.20. The van der Waals surface area contributed by atoms with Gasteiger partial charge in [-0.3, -0.25) is 10.2 Å². The van der Waals surface area contributed by atoms with Gasteiger partial charge in [0.1, 0.15) is 0 Å². The fraction of sp³-hybridized carbons (Fsp3) is 0.350. The molecule has 26 heavy (non-hydrogen) atoms. The number of nitrogens with one attached hydrogen (secondary N) is 3. The standard InChI is InChI=1S/C20H25N3O3/c1-13-5-4-6-14(9-13)11-21-20(24)16-12-22-23-19(16)15-7-8-17(25-2)18(10-15)26-3/h4-10,16,19,22-23H,11-12H2,1-3H3,(H,21,24). The van der Waals surface area contributed by atoms with Gasteiger partial charge in [-0.1, -0.05) is 35.9 Å². The van der Waals surface area contributed by atoms with Crippen molar-refractivity contribution in [1.82, 2.24) is 16.2 Å². The number of hydrogen-bond acceptors (Lipinski definition) is 5. The maximum atomic E-state index is 12.7. The number of benzene rings is 2. The molecular weight excluding hydrogens is 330 g/mol. The van der Waals surface area contributed by atoms with E-state index in [0.717, 1.165) is 11.1 Å². The number of methoxy groups -OCH3 is 2. The van der Waals surface area contributed by atoms with Crippen molar-refractivity contribution in [2.45, 2.75) is 19.5 Å². The van der Waals surface area contributed by atoms with E-state index < -0.39 is 0 Å². The maximum Gasteiger partial charge on any atom is 0.226 e. The number of aryl methyl sites for hydroxylation is 1. The first kappa shape index (κ1) is 18.2. The van der Waals surface area contributed by atoms with E-state index in [1.165, 1.54) is 5.56 Å². The molecule has 0 aromatic heterocycles. The molecule has 1 saturated heterocycles. The molecule has 0 bridgehead atoms. The number of amides is 1. The van der Waals surface area contributed by atoms with Crippen LogP contribution in [-0.4, -0.2) is 26.7 Å². The third-order valence-electron chi connectivity index (χ3n) is 4.63. The Kier molecular flexibility index (Phi) is 5.75. The average Bonchev–Trinajstić information content (AvgIpc) is 3.15. The molecule has 6 heteroatoms. The number of carbonyl (C=O) groups is 1. The number of rotatable bonds is 6. The van der Waals surface area contributed by atoms with E-state index in [1.54, 1.807) is 14.2 Å². The van der Waals surface area contributed by atoms with Crippen molar-refractivity contribution in [3.63, 3.8) is 0 Å². The Morgan fingerprint density at radius 2 is 1.96 bits per heavy atom. The van der Waals surface area contributed by atoms with Crippen molar-refractivity contribution in [2.24, 2.45) is 5.92 Å². The number of carbonyl (C=O) groups excluding carboxylic acids is 1. The van der Waals surface area contributed by atoms with Crippen molar-refractivity contribution >= 4 is 5.91 Å². The Hall–Kier alpha value is -2.57. The second-order valence-electron chi connectivity index (χ2n) is 6.43. The lowest BCUT2D eigenvalue weighted by molar-refractivity contribution is -0.125. The van der Waals surface area contributed by atoms with Gasteiger partial charge < -0.3 is 14.8 Å². The van der Waals surface area contributed by atoms with E-state index in [4.69, 9.17) is 9.47 Å². The van der Waals surface area contributed by atoms with Crippen molar-refractivity contribution in [1.29, 1.82) is 0 Å². The van der Waals surface area contributed by atoms with Crippen LogP contribution in [0.1, 0.15) is 22.7 Å². The number of hydrogen-bond donors (Lipinski definition) is 3. The fourth-order valence-corrected chi connectivity index (χ4v) is 3.25. The molecule has 0 saturated carbocycles. The van der Waals surface area contributed by atoms with Crippen LogP contribution >= 0.6 is 0 Å². The smallest absolute Gasteiger partial charge is 0.226 e. The quantitative estimate of drug-likeness (QED) is 0.740. The molecule has 6 nitrogen and oxygen atoms in total. The van der Waals surface area contributed by atoms with Crippen LogP contribution in [0, 0.1) is 12.8 Å². The summed E-state index contributed by atoms with van der Waals surface area (Å²) < 4.78 is 10.7. The molecule has 2 atom stereocenters. The summed E-state index contributed by atoms with van der Waals surface area (Å²) in [7, 11) is 3.21. The summed E-state index contributed by atoms with van der Waals surface area (Å²) in [6.45, 7) is 3.14. The van der Waals surface area contributed by atoms with Crippen LogP contribution in [0.2, 0.25) is 0 Å². The molecule has 1 aliphatic rings. The summed E-state index contributed by atoms with van der Waals surface area (Å²) in [5.41, 5.74) is 9.54. The largest absolute Gasteiger partial charge is 0.493 e. The maximum absolute atomic E-state index is 12.7. The highest BCUT2D eigenvalue weighted by molar-refractivity contribution is 5.80. The zero-order valence-electron chi connectivity index (χ0n) is 15.3. The van der Waals surface area contributed by atoms with E-state index in [-0.39, 0.29) is 17.9 Å². The Bertz CT molecular complexity index is 779. The highest BCUT2D eigenvalue weighted by atomic mass is 16.5. The molecule has 138 valence electrons. The summed E-state index contributed by atoms with van der Waals surface area (Å²) in [6.07, 6.45) is 0. The number of ether oxygens (including phenoxy) is 2. The molecule has 1 amide bonds. The minimum absolute atomic E-state index is 0.0174. The fourth-order valence-electron chi connectivity index (χ4n) is 3.25. The molecule has 0 aliphatic carbocycles. The average molecular weight is 355 g/mol. The van der Waals surface area contributed by atoms with Gasteiger partial charge in [0.05, 0.1) is 26.2 Å². The molecule has 1 aliphatic heterocycles. The van der Waals surface area contributed by atoms with Crippen LogP contribution in [0.3, 0.4) is 0 Å². The molecule has 0 spiro atoms. The first-order valence-electron chi connectivity index (χ1n) is 8.66. The zero-order valence-corrected chi connectivity index (χ0v) is 15.3. The van der Waals surface area contributed by atoms with Gasteiger partial charge in [-0.15, -0.1) is 0 Å². The second kappa shape index (κ2) is 8.21. The van der Waals surface area contributed by atoms with Gasteiger partial charge in [0.15, 0.2) is 11.5 Å². The molecule has 2 aromatic rings. The summed E-state index contributed by atoms with van der Waals surface area (Å²) in [5.74, 6) is 1.13. The van der Waals surface area contributed by atoms with Crippen molar-refractivity contribution in [3.05, 3.63) is 59.2 Å². The monoisotopic (exact) mass is 355 g/mol. The van der Waals surface area contributed by atoms with Crippen LogP contribution in [0.5, 0.6) is 11.5 Å². The topological polar surface area (TPSA) is 71.6 Å². The molecule has 2 aromatic carbocycles. The first-order chi connectivity index (χ1) is 12.6. The molecular formula is C20H25N3O3. The lowest BCUT2D eigenvalue weighted by Crippen LogP contribution is -2.34. The second-order valence-corrected chi connectivity index (χ2v) is 6.43. The van der Waals surface area contributed by atoms with Crippen LogP contribution in [0.15, 0.2) is 42.5 Å². The minimum atomic E-state index is -0.210. The summed E-state index contributed by atoms with van der Waals surface area (Å²) in [6, 6.07) is 13.7. The van der Waals surface area contributed by atoms with Crippen molar-refractivity contribution in [2.75, 3.05) is 20.8 Å². The van der Waals surface area contributed by atoms with Crippen LogP contribution < -0.4 is 25.6 Å². The van der Waals surface area contributed by atoms with Crippen LogP contribution in [-0.2, 0) is 11.3 Å². The Labute approximate surface area is 153 Å². The minimum Gasteiger partial charge on any atom is -0.493 e. The van der Waals surface area contributed by atoms with E-state index >= 15 is 0 Å². The lowest BCUT2D eigenvalue weighted by atomic mass is 9.93. The van der Waals surface area contributed by atoms with Crippen molar-refractivity contribution < 1.29 is 14.3 Å². The van der Waals surface area contributed by atoms with E-state index in [9.17, 15) is 4.79 Å². The van der Waals surface area contributed by atoms with E-state index in [2.05, 4.69) is 22.2 Å². The predicted octanol–water partition coefficient (Wildman–Crippen LogP) is 2.09. The molecule has 0 radical (unpaired) electrons. The summed E-state index contributed by atoms with van der Waals surface area (Å²) in [4.78, 5) is 12.7. The Morgan fingerprint density at radius 3 is 2.69 bits per heavy atom. The SMILES string of the molecule is COc1ccc(C2NNCC2C(=O)NCc2cccc(C)c2)cc1OC. The zero-order chi connectivity index (χ0) is 18.5. The summed E-state index contributed by atoms with van der Waals surface area (Å²) >= 11 is 0. The normalized spacial score (nSPS) is 19.2. The third-order valence-corrected chi connectivity index (χ3v) is 4.63. The highest BCUT2D eigenvalue weighted by Gasteiger charge is 2.34. The predicted molar refractivity (Wildman–Crippen MR) is 99.9 cm³/mol. The first-order valence-corrected chi connectivity index (χ1v) is 8.66. The molecule has 3 N–H and O–H groups in total. The van der Waals surface area contributed by atoms with Gasteiger partial charge in [-0.25, -0.2) is 5.43 Å². The van der Waals surface area contributed by atoms with Gasteiger partial charge in [0, 0.05) is 13.1 Å². The van der Waals surface area contributed by atoms with Crippen LogP contribution in [0.4, 0.5) is 0 Å². The van der Waals surface area contributed by atoms with E-state index in [1.807, 2.05) is 43.3 Å². The summed E-state index contributed by atoms with van der Waals surface area (Å²) in [5, 5.41) is 3.04. The molecule has 1 fully saturated rings. The molecule has 2 unspecified atom stereocenters. The van der Waals surface area contributed by atoms with Gasteiger partial charge in [-0.05, 0) is 30.2 Å². The van der Waals surface area contributed by atoms with E-state index in [0.29, 0.717) is 24.6 Å². The van der Waals surface area contributed by atoms with Crippen LogP contribution in [0.25, 0.3) is 0 Å². The molecule has 1 heterocycles. The van der Waals surface area contributed by atoms with Gasteiger partial charge in [0.25, 0.3) is 0 Å². The highest BCUT2D eigenvalue weighted by Crippen LogP contribution is 2.33. The Balaban J connectivity index is 1.70. The molecule has 3 rings (SSSR count). The number of hydrazine groups is 1.